The summed E-state index contributed by atoms with van der Waals surface area (Å²) in [4.78, 5) is 0. The Labute approximate surface area is 146 Å². The second-order valence-electron chi connectivity index (χ2n) is 6.04. The molecule has 0 aromatic carbocycles. The SMILES string of the molecule is CC1CCC(N)CC1.CC1CCC(N)CC1.[Cl-].[Cl-].[Pt+2]. The second-order valence-corrected chi connectivity index (χ2v) is 6.04. The van der Waals surface area contributed by atoms with Crippen molar-refractivity contribution in [1.29, 1.82) is 0 Å². The molecule has 0 aromatic heterocycles. The predicted octanol–water partition coefficient (Wildman–Crippen LogP) is -2.95. The molecule has 0 spiro atoms. The van der Waals surface area contributed by atoms with Crippen LogP contribution in [-0.4, -0.2) is 12.1 Å². The van der Waals surface area contributed by atoms with E-state index >= 15 is 0 Å². The molecule has 0 atom stereocenters. The summed E-state index contributed by atoms with van der Waals surface area (Å²) in [5, 5.41) is 0. The maximum absolute atomic E-state index is 5.70. The molecule has 0 aromatic rings. The molecule has 2 nitrogen and oxygen atoms in total. The molecule has 0 heterocycles. The Morgan fingerprint density at radius 2 is 0.789 bits per heavy atom. The van der Waals surface area contributed by atoms with Gasteiger partial charge < -0.3 is 36.3 Å². The average Bonchev–Trinajstić information content (AvgIpc) is 2.28. The van der Waals surface area contributed by atoms with Crippen LogP contribution in [0.3, 0.4) is 0 Å². The van der Waals surface area contributed by atoms with Crippen LogP contribution in [0.15, 0.2) is 0 Å². The van der Waals surface area contributed by atoms with Crippen LogP contribution in [0.1, 0.15) is 65.2 Å². The Balaban J connectivity index is -0.000000233. The summed E-state index contributed by atoms with van der Waals surface area (Å²) in [6.45, 7) is 4.62. The van der Waals surface area contributed by atoms with Gasteiger partial charge in [-0.15, -0.1) is 0 Å². The minimum atomic E-state index is 0. The van der Waals surface area contributed by atoms with Crippen LogP contribution in [0.5, 0.6) is 0 Å². The smallest absolute Gasteiger partial charge is 1.00 e. The van der Waals surface area contributed by atoms with Crippen molar-refractivity contribution in [3.63, 3.8) is 0 Å². The molecule has 0 unspecified atom stereocenters. The van der Waals surface area contributed by atoms with Crippen LogP contribution in [0, 0.1) is 11.8 Å². The standard InChI is InChI=1S/2C7H15N.2ClH.Pt/c2*1-6-2-4-7(8)5-3-6;;;/h2*6-7H,2-5,8H2,1H3;2*1H;/q;;;;+2/p-2. The molecule has 0 bridgehead atoms. The van der Waals surface area contributed by atoms with Gasteiger partial charge in [0, 0.05) is 12.1 Å². The first-order valence-corrected chi connectivity index (χ1v) is 7.09. The molecule has 19 heavy (non-hydrogen) atoms. The maximum Gasteiger partial charge on any atom is 2.00 e. The molecule has 2 aliphatic rings. The molecule has 4 N–H and O–H groups in total. The molecule has 2 fully saturated rings. The van der Waals surface area contributed by atoms with Gasteiger partial charge in [-0.1, -0.05) is 13.8 Å². The van der Waals surface area contributed by atoms with Crippen LogP contribution in [-0.2, 0) is 21.1 Å². The van der Waals surface area contributed by atoms with Gasteiger partial charge in [-0.05, 0) is 63.2 Å². The number of halogens is 2. The Hall–Kier alpha value is 1.19. The number of rotatable bonds is 0. The third kappa shape index (κ3) is 12.6. The van der Waals surface area contributed by atoms with Crippen LogP contribution in [0.2, 0.25) is 0 Å². The van der Waals surface area contributed by atoms with Crippen molar-refractivity contribution in [3.05, 3.63) is 0 Å². The minimum Gasteiger partial charge on any atom is -1.00 e. The van der Waals surface area contributed by atoms with Crippen LogP contribution < -0.4 is 36.3 Å². The van der Waals surface area contributed by atoms with E-state index in [0.717, 1.165) is 11.8 Å². The summed E-state index contributed by atoms with van der Waals surface area (Å²) in [5.41, 5.74) is 11.4. The summed E-state index contributed by atoms with van der Waals surface area (Å²) in [7, 11) is 0. The predicted molar refractivity (Wildman–Crippen MR) is 71.2 cm³/mol. The Morgan fingerprint density at radius 1 is 0.579 bits per heavy atom. The van der Waals surface area contributed by atoms with E-state index in [9.17, 15) is 0 Å². The summed E-state index contributed by atoms with van der Waals surface area (Å²) in [6.07, 6.45) is 10.4. The Bertz CT molecular complexity index is 140. The fourth-order valence-corrected chi connectivity index (χ4v) is 2.57. The molecular weight excluding hydrogens is 462 g/mol. The zero-order valence-electron chi connectivity index (χ0n) is 12.2. The van der Waals surface area contributed by atoms with E-state index in [1.807, 2.05) is 0 Å². The summed E-state index contributed by atoms with van der Waals surface area (Å²) in [5.74, 6) is 1.88. The van der Waals surface area contributed by atoms with Crippen molar-refractivity contribution in [2.75, 3.05) is 0 Å². The molecular formula is C14H30Cl2N2Pt. The molecule has 5 heteroatoms. The van der Waals surface area contributed by atoms with E-state index in [1.165, 1.54) is 51.4 Å². The van der Waals surface area contributed by atoms with E-state index in [0.29, 0.717) is 12.1 Å². The fraction of sp³-hybridized carbons (Fsp3) is 1.00. The summed E-state index contributed by atoms with van der Waals surface area (Å²) >= 11 is 0. The zero-order chi connectivity index (χ0) is 12.0. The van der Waals surface area contributed by atoms with Crippen molar-refractivity contribution >= 4 is 0 Å². The van der Waals surface area contributed by atoms with Gasteiger partial charge in [0.1, 0.15) is 0 Å². The molecule has 2 saturated carbocycles. The van der Waals surface area contributed by atoms with E-state index in [-0.39, 0.29) is 45.9 Å². The largest absolute Gasteiger partial charge is 2.00 e. The maximum atomic E-state index is 5.70. The molecule has 2 rings (SSSR count). The van der Waals surface area contributed by atoms with Crippen molar-refractivity contribution < 1.29 is 45.9 Å². The van der Waals surface area contributed by atoms with E-state index < -0.39 is 0 Å². The van der Waals surface area contributed by atoms with Crippen molar-refractivity contribution in [3.8, 4) is 0 Å². The van der Waals surface area contributed by atoms with Gasteiger partial charge in [0.15, 0.2) is 0 Å². The van der Waals surface area contributed by atoms with E-state index in [2.05, 4.69) is 13.8 Å². The molecule has 0 radical (unpaired) electrons. The van der Waals surface area contributed by atoms with Gasteiger partial charge in [0.05, 0.1) is 0 Å². The van der Waals surface area contributed by atoms with Gasteiger partial charge in [0.2, 0.25) is 0 Å². The minimum absolute atomic E-state index is 0. The van der Waals surface area contributed by atoms with E-state index in [4.69, 9.17) is 11.5 Å². The Morgan fingerprint density at radius 3 is 0.947 bits per heavy atom. The first kappa shape index (κ1) is 25.2. The third-order valence-electron chi connectivity index (χ3n) is 4.12. The zero-order valence-corrected chi connectivity index (χ0v) is 16.0. The summed E-state index contributed by atoms with van der Waals surface area (Å²) in [6, 6.07) is 1.04. The number of nitrogens with two attached hydrogens (primary N) is 2. The average molecular weight is 492 g/mol. The van der Waals surface area contributed by atoms with Crippen molar-refractivity contribution in [2.45, 2.75) is 77.3 Å². The van der Waals surface area contributed by atoms with Gasteiger partial charge in [-0.25, -0.2) is 0 Å². The number of hydrogen-bond donors (Lipinski definition) is 2. The third-order valence-corrected chi connectivity index (χ3v) is 4.12. The van der Waals surface area contributed by atoms with Gasteiger partial charge in [-0.3, -0.25) is 0 Å². The molecule has 2 aliphatic carbocycles. The van der Waals surface area contributed by atoms with Gasteiger partial charge in [0.25, 0.3) is 0 Å². The fourth-order valence-electron chi connectivity index (χ4n) is 2.57. The summed E-state index contributed by atoms with van der Waals surface area (Å²) < 4.78 is 0. The van der Waals surface area contributed by atoms with Crippen molar-refractivity contribution in [2.24, 2.45) is 23.3 Å². The first-order valence-electron chi connectivity index (χ1n) is 7.09. The second kappa shape index (κ2) is 14.1. The monoisotopic (exact) mass is 491 g/mol. The number of hydrogen-bond acceptors (Lipinski definition) is 2. The van der Waals surface area contributed by atoms with Crippen molar-refractivity contribution in [1.82, 2.24) is 0 Å². The first-order chi connectivity index (χ1) is 7.58. The molecule has 0 amide bonds. The van der Waals surface area contributed by atoms with Crippen LogP contribution in [0.4, 0.5) is 0 Å². The van der Waals surface area contributed by atoms with Crippen LogP contribution >= 0.6 is 0 Å². The molecule has 120 valence electrons. The molecule has 0 saturated heterocycles. The Kier molecular flexibility index (Phi) is 18.7. The normalized spacial score (nSPS) is 33.5. The molecule has 0 aliphatic heterocycles. The van der Waals surface area contributed by atoms with E-state index in [1.54, 1.807) is 0 Å². The van der Waals surface area contributed by atoms with Gasteiger partial charge >= 0.3 is 21.1 Å². The topological polar surface area (TPSA) is 52.0 Å². The van der Waals surface area contributed by atoms with Gasteiger partial charge in [-0.2, -0.15) is 0 Å². The quantitative estimate of drug-likeness (QED) is 0.380. The van der Waals surface area contributed by atoms with Crippen LogP contribution in [0.25, 0.3) is 0 Å².